The Morgan fingerprint density at radius 1 is 1.31 bits per heavy atom. The Kier molecular flexibility index (Phi) is 3.77. The van der Waals surface area contributed by atoms with E-state index in [1.807, 2.05) is 12.1 Å². The van der Waals surface area contributed by atoms with Crippen molar-refractivity contribution in [2.75, 3.05) is 0 Å². The van der Waals surface area contributed by atoms with Crippen molar-refractivity contribution in [3.05, 3.63) is 29.8 Å². The van der Waals surface area contributed by atoms with Gasteiger partial charge in [0.05, 0.1) is 0 Å². The first kappa shape index (κ1) is 10.1. The van der Waals surface area contributed by atoms with Gasteiger partial charge in [-0.1, -0.05) is 19.1 Å². The molecule has 0 radical (unpaired) electrons. The van der Waals surface area contributed by atoms with Gasteiger partial charge in [0.25, 0.3) is 0 Å². The summed E-state index contributed by atoms with van der Waals surface area (Å²) in [6.45, 7) is 2.10. The van der Waals surface area contributed by atoms with Gasteiger partial charge in [-0.15, -0.1) is 0 Å². The third kappa shape index (κ3) is 3.47. The highest BCUT2D eigenvalue weighted by Crippen LogP contribution is 2.11. The van der Waals surface area contributed by atoms with Crippen LogP contribution in [0.3, 0.4) is 0 Å². The molecule has 0 aliphatic carbocycles. The lowest BCUT2D eigenvalue weighted by molar-refractivity contribution is 0.475. The Hall–Kier alpha value is -1.02. The van der Waals surface area contributed by atoms with Gasteiger partial charge in [0.2, 0.25) is 0 Å². The van der Waals surface area contributed by atoms with Crippen LogP contribution in [0.25, 0.3) is 0 Å². The van der Waals surface area contributed by atoms with Crippen LogP contribution in [0.5, 0.6) is 5.75 Å². The minimum absolute atomic E-state index is 0.300. The predicted octanol–water partition coefficient (Wildman–Crippen LogP) is 2.06. The van der Waals surface area contributed by atoms with Crippen molar-refractivity contribution < 1.29 is 5.11 Å². The molecule has 0 saturated heterocycles. The maximum absolute atomic E-state index is 9.06. The molecule has 1 rings (SSSR count). The average Bonchev–Trinajstić information content (AvgIpc) is 2.16. The van der Waals surface area contributed by atoms with E-state index in [4.69, 9.17) is 10.8 Å². The maximum Gasteiger partial charge on any atom is 0.115 e. The van der Waals surface area contributed by atoms with Gasteiger partial charge in [-0.25, -0.2) is 0 Å². The quantitative estimate of drug-likeness (QED) is 0.743. The highest BCUT2D eigenvalue weighted by molar-refractivity contribution is 5.25. The molecule has 0 fully saturated rings. The van der Waals surface area contributed by atoms with Crippen LogP contribution in [0.4, 0.5) is 0 Å². The van der Waals surface area contributed by atoms with E-state index in [-0.39, 0.29) is 0 Å². The molecule has 72 valence electrons. The van der Waals surface area contributed by atoms with Crippen LogP contribution in [0.15, 0.2) is 24.3 Å². The number of aryl methyl sites for hydroxylation is 1. The van der Waals surface area contributed by atoms with Crippen LogP contribution >= 0.6 is 0 Å². The number of rotatable bonds is 4. The van der Waals surface area contributed by atoms with Gasteiger partial charge in [0, 0.05) is 6.04 Å². The topological polar surface area (TPSA) is 46.2 Å². The minimum atomic E-state index is 0.300. The zero-order chi connectivity index (χ0) is 9.68. The van der Waals surface area contributed by atoms with E-state index in [9.17, 15) is 0 Å². The summed E-state index contributed by atoms with van der Waals surface area (Å²) in [4.78, 5) is 0. The van der Waals surface area contributed by atoms with E-state index in [1.54, 1.807) is 12.1 Å². The van der Waals surface area contributed by atoms with Gasteiger partial charge in [-0.3, -0.25) is 0 Å². The predicted molar refractivity (Wildman–Crippen MR) is 54.7 cm³/mol. The number of hydrogen-bond acceptors (Lipinski definition) is 2. The molecule has 0 aromatic heterocycles. The summed E-state index contributed by atoms with van der Waals surface area (Å²) in [6.07, 6.45) is 3.04. The molecule has 13 heavy (non-hydrogen) atoms. The Balaban J connectivity index is 2.41. The van der Waals surface area contributed by atoms with Crippen LogP contribution in [-0.4, -0.2) is 11.1 Å². The molecule has 1 atom stereocenters. The van der Waals surface area contributed by atoms with Crippen molar-refractivity contribution >= 4 is 0 Å². The summed E-state index contributed by atoms with van der Waals surface area (Å²) < 4.78 is 0. The first-order valence-electron chi connectivity index (χ1n) is 4.76. The highest BCUT2D eigenvalue weighted by Gasteiger charge is 1.99. The monoisotopic (exact) mass is 179 g/mol. The van der Waals surface area contributed by atoms with Crippen molar-refractivity contribution in [2.45, 2.75) is 32.2 Å². The third-order valence-electron chi connectivity index (χ3n) is 2.26. The number of benzene rings is 1. The molecule has 0 bridgehead atoms. The second-order valence-electron chi connectivity index (χ2n) is 3.37. The average molecular weight is 179 g/mol. The molecular weight excluding hydrogens is 162 g/mol. The van der Waals surface area contributed by atoms with E-state index in [1.165, 1.54) is 5.56 Å². The maximum atomic E-state index is 9.06. The number of aromatic hydroxyl groups is 1. The zero-order valence-electron chi connectivity index (χ0n) is 8.03. The molecule has 1 unspecified atom stereocenters. The van der Waals surface area contributed by atoms with Crippen molar-refractivity contribution in [3.63, 3.8) is 0 Å². The second kappa shape index (κ2) is 4.87. The summed E-state index contributed by atoms with van der Waals surface area (Å²) in [7, 11) is 0. The zero-order valence-corrected chi connectivity index (χ0v) is 8.03. The van der Waals surface area contributed by atoms with Gasteiger partial charge in [0.1, 0.15) is 5.75 Å². The lowest BCUT2D eigenvalue weighted by Crippen LogP contribution is -2.18. The fourth-order valence-corrected chi connectivity index (χ4v) is 1.22. The third-order valence-corrected chi connectivity index (χ3v) is 2.26. The van der Waals surface area contributed by atoms with Crippen molar-refractivity contribution in [1.29, 1.82) is 0 Å². The molecular formula is C11H17NO. The first-order chi connectivity index (χ1) is 6.22. The molecule has 0 aliphatic rings. The summed E-state index contributed by atoms with van der Waals surface area (Å²) >= 11 is 0. The second-order valence-corrected chi connectivity index (χ2v) is 3.37. The molecule has 0 heterocycles. The Morgan fingerprint density at radius 3 is 2.46 bits per heavy atom. The first-order valence-corrected chi connectivity index (χ1v) is 4.76. The number of hydrogen-bond donors (Lipinski definition) is 2. The van der Waals surface area contributed by atoms with Crippen molar-refractivity contribution in [2.24, 2.45) is 5.73 Å². The Bertz CT molecular complexity index is 243. The summed E-state index contributed by atoms with van der Waals surface area (Å²) in [6, 6.07) is 7.61. The molecule has 1 aromatic rings. The molecule has 0 aliphatic heterocycles. The molecule has 0 saturated carbocycles. The van der Waals surface area contributed by atoms with E-state index in [2.05, 4.69) is 6.92 Å². The van der Waals surface area contributed by atoms with Crippen LogP contribution in [0.2, 0.25) is 0 Å². The lowest BCUT2D eigenvalue weighted by Gasteiger charge is -2.07. The van der Waals surface area contributed by atoms with Crippen LogP contribution < -0.4 is 5.73 Å². The van der Waals surface area contributed by atoms with E-state index in [0.717, 1.165) is 19.3 Å². The van der Waals surface area contributed by atoms with E-state index >= 15 is 0 Å². The highest BCUT2D eigenvalue weighted by atomic mass is 16.3. The van der Waals surface area contributed by atoms with Gasteiger partial charge >= 0.3 is 0 Å². The van der Waals surface area contributed by atoms with E-state index < -0.39 is 0 Å². The summed E-state index contributed by atoms with van der Waals surface area (Å²) in [5, 5.41) is 9.06. The van der Waals surface area contributed by atoms with Crippen LogP contribution in [0.1, 0.15) is 25.3 Å². The van der Waals surface area contributed by atoms with Gasteiger partial charge in [0.15, 0.2) is 0 Å². The molecule has 2 heteroatoms. The number of phenolic OH excluding ortho intramolecular Hbond substituents is 1. The van der Waals surface area contributed by atoms with Gasteiger partial charge in [-0.2, -0.15) is 0 Å². The minimum Gasteiger partial charge on any atom is -0.508 e. The lowest BCUT2D eigenvalue weighted by atomic mass is 10.0. The smallest absolute Gasteiger partial charge is 0.115 e. The fourth-order valence-electron chi connectivity index (χ4n) is 1.22. The standard InChI is InChI=1S/C11H17NO/c1-2-10(12)6-3-9-4-7-11(13)8-5-9/h4-5,7-8,10,13H,2-3,6,12H2,1H3. The van der Waals surface area contributed by atoms with Crippen LogP contribution in [0, 0.1) is 0 Å². The molecule has 2 nitrogen and oxygen atoms in total. The molecule has 1 aromatic carbocycles. The molecule has 0 amide bonds. The summed E-state index contributed by atoms with van der Waals surface area (Å²) in [5.74, 6) is 0.323. The van der Waals surface area contributed by atoms with Crippen molar-refractivity contribution in [3.8, 4) is 5.75 Å². The molecule has 3 N–H and O–H groups in total. The van der Waals surface area contributed by atoms with E-state index in [0.29, 0.717) is 11.8 Å². The Morgan fingerprint density at radius 2 is 1.92 bits per heavy atom. The Labute approximate surface area is 79.4 Å². The van der Waals surface area contributed by atoms with Crippen LogP contribution in [-0.2, 0) is 6.42 Å². The number of nitrogens with two attached hydrogens (primary N) is 1. The SMILES string of the molecule is CCC(N)CCc1ccc(O)cc1. The number of phenols is 1. The summed E-state index contributed by atoms with van der Waals surface area (Å²) in [5.41, 5.74) is 7.04. The molecule has 0 spiro atoms. The van der Waals surface area contributed by atoms with Crippen molar-refractivity contribution in [1.82, 2.24) is 0 Å². The fraction of sp³-hybridized carbons (Fsp3) is 0.455. The van der Waals surface area contributed by atoms with Gasteiger partial charge in [-0.05, 0) is 37.0 Å². The van der Waals surface area contributed by atoms with Gasteiger partial charge < -0.3 is 10.8 Å². The normalized spacial score (nSPS) is 12.8. The largest absolute Gasteiger partial charge is 0.508 e.